The number of benzene rings is 2. The molecule has 0 atom stereocenters. The molecule has 0 spiro atoms. The minimum atomic E-state index is -3.31. The summed E-state index contributed by atoms with van der Waals surface area (Å²) in [6.45, 7) is 8.97. The van der Waals surface area contributed by atoms with Gasteiger partial charge in [0.15, 0.2) is 5.60 Å². The number of carboxylic acids is 1. The first-order chi connectivity index (χ1) is 16.8. The molecule has 3 rings (SSSR count). The van der Waals surface area contributed by atoms with Gasteiger partial charge in [-0.1, -0.05) is 24.3 Å². The molecule has 0 bridgehead atoms. The van der Waals surface area contributed by atoms with E-state index in [1.807, 2.05) is 50.2 Å². The zero-order valence-electron chi connectivity index (χ0n) is 21.4. The van der Waals surface area contributed by atoms with Crippen molar-refractivity contribution in [3.63, 3.8) is 0 Å². The summed E-state index contributed by atoms with van der Waals surface area (Å²) in [7, 11) is -3.31. The van der Waals surface area contributed by atoms with Crippen LogP contribution in [0.5, 0.6) is 5.75 Å². The number of rotatable bonds is 12. The lowest BCUT2D eigenvalue weighted by atomic mass is 10.0. The van der Waals surface area contributed by atoms with E-state index >= 15 is 0 Å². The summed E-state index contributed by atoms with van der Waals surface area (Å²) >= 11 is 0. The number of hydrogen-bond acceptors (Lipinski definition) is 6. The van der Waals surface area contributed by atoms with Crippen molar-refractivity contribution in [1.29, 1.82) is 0 Å². The summed E-state index contributed by atoms with van der Waals surface area (Å²) in [6.07, 6.45) is 3.56. The highest BCUT2D eigenvalue weighted by atomic mass is 32.2. The van der Waals surface area contributed by atoms with Crippen molar-refractivity contribution in [3.8, 4) is 5.75 Å². The predicted molar refractivity (Wildman–Crippen MR) is 140 cm³/mol. The number of sulfonamides is 1. The Labute approximate surface area is 212 Å². The van der Waals surface area contributed by atoms with Crippen LogP contribution < -0.4 is 9.46 Å². The van der Waals surface area contributed by atoms with E-state index in [-0.39, 0.29) is 0 Å². The average Bonchev–Trinajstić information content (AvgIpc) is 3.27. The van der Waals surface area contributed by atoms with Crippen LogP contribution in [0.2, 0.25) is 0 Å². The van der Waals surface area contributed by atoms with E-state index in [0.29, 0.717) is 24.5 Å². The van der Waals surface area contributed by atoms with Crippen LogP contribution in [0.4, 0.5) is 5.69 Å². The Morgan fingerprint density at radius 3 is 2.22 bits per heavy atom. The van der Waals surface area contributed by atoms with Gasteiger partial charge < -0.3 is 14.3 Å². The molecule has 2 aromatic carbocycles. The third-order valence-corrected chi connectivity index (χ3v) is 6.34. The van der Waals surface area contributed by atoms with Crippen molar-refractivity contribution < 1.29 is 27.5 Å². The number of furan rings is 1. The lowest BCUT2D eigenvalue weighted by molar-refractivity contribution is -0.152. The molecule has 2 N–H and O–H groups in total. The number of ether oxygens (including phenoxy) is 1. The largest absolute Gasteiger partial charge is 0.478 e. The van der Waals surface area contributed by atoms with Gasteiger partial charge >= 0.3 is 5.97 Å². The number of carboxylic acid groups (broad SMARTS) is 1. The Morgan fingerprint density at radius 1 is 1.06 bits per heavy atom. The van der Waals surface area contributed by atoms with Crippen LogP contribution in [0, 0.1) is 13.8 Å². The molecule has 0 saturated heterocycles. The van der Waals surface area contributed by atoms with E-state index in [0.717, 1.165) is 47.2 Å². The van der Waals surface area contributed by atoms with Gasteiger partial charge in [0.2, 0.25) is 10.0 Å². The molecular formula is C27H34N2O6S. The normalized spacial score (nSPS) is 12.1. The van der Waals surface area contributed by atoms with Crippen LogP contribution in [-0.2, 0) is 34.3 Å². The summed E-state index contributed by atoms with van der Waals surface area (Å²) in [5.74, 6) is 0.431. The van der Waals surface area contributed by atoms with Gasteiger partial charge in [0.1, 0.15) is 11.5 Å². The first kappa shape index (κ1) is 27.3. The molecule has 194 valence electrons. The third kappa shape index (κ3) is 7.86. The lowest BCUT2D eigenvalue weighted by Gasteiger charge is -2.26. The quantitative estimate of drug-likeness (QED) is 0.359. The second-order valence-corrected chi connectivity index (χ2v) is 11.3. The molecule has 0 aliphatic carbocycles. The third-order valence-electron chi connectivity index (χ3n) is 5.73. The van der Waals surface area contributed by atoms with Crippen LogP contribution in [0.25, 0.3) is 0 Å². The molecule has 0 fully saturated rings. The van der Waals surface area contributed by atoms with Gasteiger partial charge in [0, 0.05) is 18.8 Å². The number of nitrogens with one attached hydrogen (secondary N) is 1. The van der Waals surface area contributed by atoms with Crippen molar-refractivity contribution in [1.82, 2.24) is 4.90 Å². The van der Waals surface area contributed by atoms with Crippen molar-refractivity contribution in [3.05, 3.63) is 82.8 Å². The SMILES string of the molecule is Cc1cc(CN(CCc2ccc(NS(C)(=O)=O)cc2)Cc2ccco2)cc(C)c1OC(C)(C)C(=O)O. The summed E-state index contributed by atoms with van der Waals surface area (Å²) in [5.41, 5.74) is 3.15. The molecule has 0 radical (unpaired) electrons. The summed E-state index contributed by atoms with van der Waals surface area (Å²) in [6, 6.07) is 15.2. The number of aliphatic carboxylic acids is 1. The molecule has 3 aromatic rings. The monoisotopic (exact) mass is 514 g/mol. The predicted octanol–water partition coefficient (Wildman–Crippen LogP) is 4.75. The molecule has 0 saturated carbocycles. The Kier molecular flexibility index (Phi) is 8.47. The fraction of sp³-hybridized carbons (Fsp3) is 0.370. The molecule has 0 amide bonds. The van der Waals surface area contributed by atoms with Crippen LogP contribution in [0.1, 0.15) is 41.9 Å². The number of carbonyl (C=O) groups is 1. The van der Waals surface area contributed by atoms with Crippen molar-refractivity contribution in [2.24, 2.45) is 0 Å². The standard InChI is InChI=1S/C27H34N2O6S/c1-19-15-22(16-20(2)25(19)35-27(3,4)26(30)31)17-29(18-24-7-6-14-34-24)13-12-21-8-10-23(11-9-21)28-36(5,32)33/h6-11,14-16,28H,12-13,17-18H2,1-5H3,(H,30,31). The fourth-order valence-electron chi connectivity index (χ4n) is 3.93. The van der Waals surface area contributed by atoms with Gasteiger partial charge in [-0.3, -0.25) is 9.62 Å². The summed E-state index contributed by atoms with van der Waals surface area (Å²) < 4.78 is 36.8. The van der Waals surface area contributed by atoms with Crippen molar-refractivity contribution >= 4 is 21.7 Å². The minimum absolute atomic E-state index is 0.535. The van der Waals surface area contributed by atoms with E-state index in [4.69, 9.17) is 9.15 Å². The van der Waals surface area contributed by atoms with E-state index in [1.165, 1.54) is 13.8 Å². The molecule has 8 nitrogen and oxygen atoms in total. The molecule has 36 heavy (non-hydrogen) atoms. The highest BCUT2D eigenvalue weighted by Gasteiger charge is 2.30. The highest BCUT2D eigenvalue weighted by molar-refractivity contribution is 7.92. The van der Waals surface area contributed by atoms with Gasteiger partial charge in [-0.05, 0) is 80.6 Å². The highest BCUT2D eigenvalue weighted by Crippen LogP contribution is 2.29. The van der Waals surface area contributed by atoms with Crippen LogP contribution in [0.15, 0.2) is 59.2 Å². The molecule has 0 aliphatic heterocycles. The second kappa shape index (κ2) is 11.2. The zero-order chi connectivity index (χ0) is 26.5. The van der Waals surface area contributed by atoms with Crippen molar-refractivity contribution in [2.45, 2.75) is 52.8 Å². The maximum absolute atomic E-state index is 11.5. The van der Waals surface area contributed by atoms with Crippen LogP contribution in [0.3, 0.4) is 0 Å². The van der Waals surface area contributed by atoms with E-state index in [2.05, 4.69) is 9.62 Å². The smallest absolute Gasteiger partial charge is 0.347 e. The van der Waals surface area contributed by atoms with Crippen molar-refractivity contribution in [2.75, 3.05) is 17.5 Å². The summed E-state index contributed by atoms with van der Waals surface area (Å²) in [5, 5.41) is 9.43. The van der Waals surface area contributed by atoms with Gasteiger partial charge in [-0.15, -0.1) is 0 Å². The van der Waals surface area contributed by atoms with E-state index in [1.54, 1.807) is 18.4 Å². The number of hydrogen-bond donors (Lipinski definition) is 2. The van der Waals surface area contributed by atoms with E-state index < -0.39 is 21.6 Å². The van der Waals surface area contributed by atoms with Gasteiger partial charge in [0.05, 0.1) is 19.1 Å². The fourth-order valence-corrected chi connectivity index (χ4v) is 4.49. The molecule has 9 heteroatoms. The molecule has 0 unspecified atom stereocenters. The first-order valence-corrected chi connectivity index (χ1v) is 13.6. The molecular weight excluding hydrogens is 480 g/mol. The maximum Gasteiger partial charge on any atom is 0.347 e. The molecule has 0 aliphatic rings. The Morgan fingerprint density at radius 2 is 1.69 bits per heavy atom. The van der Waals surface area contributed by atoms with Gasteiger partial charge in [0.25, 0.3) is 0 Å². The van der Waals surface area contributed by atoms with Crippen LogP contribution in [-0.4, -0.2) is 42.8 Å². The van der Waals surface area contributed by atoms with Gasteiger partial charge in [-0.25, -0.2) is 13.2 Å². The lowest BCUT2D eigenvalue weighted by Crippen LogP contribution is -2.38. The molecule has 1 heterocycles. The first-order valence-electron chi connectivity index (χ1n) is 11.7. The Hall–Kier alpha value is -3.30. The average molecular weight is 515 g/mol. The number of anilines is 1. The Balaban J connectivity index is 1.74. The summed E-state index contributed by atoms with van der Waals surface area (Å²) in [4.78, 5) is 13.8. The minimum Gasteiger partial charge on any atom is -0.478 e. The number of nitrogens with zero attached hydrogens (tertiary/aromatic N) is 1. The maximum atomic E-state index is 11.5. The second-order valence-electron chi connectivity index (χ2n) is 9.59. The van der Waals surface area contributed by atoms with Gasteiger partial charge in [-0.2, -0.15) is 0 Å². The molecule has 1 aromatic heterocycles. The zero-order valence-corrected chi connectivity index (χ0v) is 22.2. The van der Waals surface area contributed by atoms with E-state index in [9.17, 15) is 18.3 Å². The topological polar surface area (TPSA) is 109 Å². The number of aryl methyl sites for hydroxylation is 2. The van der Waals surface area contributed by atoms with Crippen LogP contribution >= 0.6 is 0 Å². The Bertz CT molecular complexity index is 1260.